The normalized spacial score (nSPS) is 20.1. The summed E-state index contributed by atoms with van der Waals surface area (Å²) in [7, 11) is 3.16. The van der Waals surface area contributed by atoms with Gasteiger partial charge in [-0.3, -0.25) is 4.79 Å². The molecule has 33 heavy (non-hydrogen) atoms. The second kappa shape index (κ2) is 8.59. The average Bonchev–Trinajstić information content (AvgIpc) is 3.64. The van der Waals surface area contributed by atoms with Crippen LogP contribution in [-0.4, -0.2) is 61.2 Å². The van der Waals surface area contributed by atoms with Crippen molar-refractivity contribution in [3.8, 4) is 11.5 Å². The van der Waals surface area contributed by atoms with Gasteiger partial charge in [0.25, 0.3) is 0 Å². The highest BCUT2D eigenvalue weighted by atomic mass is 35.5. The summed E-state index contributed by atoms with van der Waals surface area (Å²) in [6.07, 6.45) is 0.899. The molecule has 172 valence electrons. The van der Waals surface area contributed by atoms with Crippen molar-refractivity contribution >= 4 is 40.2 Å². The standard InChI is InChI=1S/C24H26ClN5O3/c1-32-20-12-18-19(13-21(20)33-2)27-24(28-22(18)26)30-9-7-29(8-10-30)23(31)17-11-16(17)14-3-5-15(25)6-4-14/h3-6,12-13,16-17H,7-11H2,1-2H3,(H2,26,27,28)/t16-,17-/m1/s1. The molecule has 3 aromatic rings. The fourth-order valence-corrected chi connectivity index (χ4v) is 4.64. The van der Waals surface area contributed by atoms with Crippen LogP contribution in [0, 0.1) is 5.92 Å². The number of hydrogen-bond donors (Lipinski definition) is 1. The topological polar surface area (TPSA) is 93.8 Å². The first kappa shape index (κ1) is 21.6. The molecule has 8 nitrogen and oxygen atoms in total. The van der Waals surface area contributed by atoms with E-state index in [0.717, 1.165) is 6.42 Å². The summed E-state index contributed by atoms with van der Waals surface area (Å²) >= 11 is 5.98. The number of nitrogens with two attached hydrogens (primary N) is 1. The van der Waals surface area contributed by atoms with Gasteiger partial charge in [0.1, 0.15) is 5.82 Å². The summed E-state index contributed by atoms with van der Waals surface area (Å²) in [6, 6.07) is 11.4. The van der Waals surface area contributed by atoms with Crippen LogP contribution in [0.25, 0.3) is 10.9 Å². The van der Waals surface area contributed by atoms with Crippen molar-refractivity contribution in [3.05, 3.63) is 47.0 Å². The molecule has 5 rings (SSSR count). The van der Waals surface area contributed by atoms with Crippen molar-refractivity contribution in [1.82, 2.24) is 14.9 Å². The Kier molecular flexibility index (Phi) is 5.62. The summed E-state index contributed by atoms with van der Waals surface area (Å²) in [6.45, 7) is 2.58. The van der Waals surface area contributed by atoms with Crippen LogP contribution >= 0.6 is 11.6 Å². The van der Waals surface area contributed by atoms with E-state index in [1.54, 1.807) is 26.4 Å². The number of carbonyl (C=O) groups excluding carboxylic acids is 1. The van der Waals surface area contributed by atoms with E-state index in [2.05, 4.69) is 9.88 Å². The van der Waals surface area contributed by atoms with E-state index in [9.17, 15) is 4.79 Å². The molecule has 0 spiro atoms. The Balaban J connectivity index is 1.26. The monoisotopic (exact) mass is 467 g/mol. The summed E-state index contributed by atoms with van der Waals surface area (Å²) < 4.78 is 10.7. The minimum absolute atomic E-state index is 0.0627. The number of nitrogen functional groups attached to an aromatic ring is 1. The van der Waals surface area contributed by atoms with Crippen LogP contribution in [0.1, 0.15) is 17.9 Å². The zero-order valence-corrected chi connectivity index (χ0v) is 19.4. The van der Waals surface area contributed by atoms with E-state index in [0.29, 0.717) is 71.3 Å². The molecular formula is C24H26ClN5O3. The maximum absolute atomic E-state index is 13.0. The van der Waals surface area contributed by atoms with Gasteiger partial charge in [0, 0.05) is 48.6 Å². The first-order valence-corrected chi connectivity index (χ1v) is 11.3. The first-order valence-electron chi connectivity index (χ1n) is 11.0. The first-order chi connectivity index (χ1) is 16.0. The molecule has 2 aliphatic rings. The van der Waals surface area contributed by atoms with Gasteiger partial charge in [-0.1, -0.05) is 23.7 Å². The van der Waals surface area contributed by atoms with Crippen LogP contribution in [0.15, 0.2) is 36.4 Å². The number of aromatic nitrogens is 2. The van der Waals surface area contributed by atoms with Crippen molar-refractivity contribution in [3.63, 3.8) is 0 Å². The predicted octanol–water partition coefficient (Wildman–Crippen LogP) is 3.33. The number of carbonyl (C=O) groups is 1. The maximum Gasteiger partial charge on any atom is 0.228 e. The van der Waals surface area contributed by atoms with E-state index in [1.165, 1.54) is 5.56 Å². The van der Waals surface area contributed by atoms with Gasteiger partial charge in [-0.2, -0.15) is 4.98 Å². The highest BCUT2D eigenvalue weighted by Gasteiger charge is 2.46. The average molecular weight is 468 g/mol. The van der Waals surface area contributed by atoms with Gasteiger partial charge >= 0.3 is 0 Å². The minimum Gasteiger partial charge on any atom is -0.493 e. The van der Waals surface area contributed by atoms with Gasteiger partial charge in [-0.15, -0.1) is 0 Å². The molecule has 2 aromatic carbocycles. The number of nitrogens with zero attached hydrogens (tertiary/aromatic N) is 4. The van der Waals surface area contributed by atoms with Crippen LogP contribution < -0.4 is 20.1 Å². The van der Waals surface area contributed by atoms with Crippen LogP contribution in [0.2, 0.25) is 5.02 Å². The van der Waals surface area contributed by atoms with E-state index in [1.807, 2.05) is 29.2 Å². The summed E-state index contributed by atoms with van der Waals surface area (Å²) in [4.78, 5) is 26.3. The lowest BCUT2D eigenvalue weighted by molar-refractivity contribution is -0.133. The number of amides is 1. The van der Waals surface area contributed by atoms with Gasteiger partial charge < -0.3 is 25.0 Å². The van der Waals surface area contributed by atoms with E-state index in [-0.39, 0.29) is 11.8 Å². The number of methoxy groups -OCH3 is 2. The van der Waals surface area contributed by atoms with Crippen molar-refractivity contribution in [2.75, 3.05) is 51.0 Å². The molecular weight excluding hydrogens is 442 g/mol. The number of halogens is 1. The SMILES string of the molecule is COc1cc2nc(N3CCN(C(=O)[C@@H]4C[C@@H]4c4ccc(Cl)cc4)CC3)nc(N)c2cc1OC. The maximum atomic E-state index is 13.0. The summed E-state index contributed by atoms with van der Waals surface area (Å²) in [5.41, 5.74) is 8.11. The molecule has 2 heterocycles. The lowest BCUT2D eigenvalue weighted by Gasteiger charge is -2.35. The second-order valence-electron chi connectivity index (χ2n) is 8.45. The number of rotatable bonds is 5. The van der Waals surface area contributed by atoms with Crippen LogP contribution in [0.4, 0.5) is 11.8 Å². The number of piperazine rings is 1. The molecule has 1 aromatic heterocycles. The lowest BCUT2D eigenvalue weighted by atomic mass is 10.1. The Bertz CT molecular complexity index is 1190. The predicted molar refractivity (Wildman–Crippen MR) is 128 cm³/mol. The highest BCUT2D eigenvalue weighted by Crippen LogP contribution is 2.48. The molecule has 9 heteroatoms. The summed E-state index contributed by atoms with van der Waals surface area (Å²) in [5, 5.41) is 1.43. The third kappa shape index (κ3) is 4.11. The third-order valence-corrected chi connectivity index (χ3v) is 6.75. The molecule has 1 aliphatic heterocycles. The second-order valence-corrected chi connectivity index (χ2v) is 8.88. The van der Waals surface area contributed by atoms with Crippen molar-refractivity contribution in [1.29, 1.82) is 0 Å². The molecule has 2 N–H and O–H groups in total. The van der Waals surface area contributed by atoms with E-state index in [4.69, 9.17) is 31.8 Å². The number of hydrogen-bond acceptors (Lipinski definition) is 7. The van der Waals surface area contributed by atoms with Gasteiger partial charge in [0.15, 0.2) is 11.5 Å². The molecule has 1 saturated carbocycles. The van der Waals surface area contributed by atoms with Crippen molar-refractivity contribution in [2.24, 2.45) is 5.92 Å². The summed E-state index contributed by atoms with van der Waals surface area (Å²) in [5.74, 6) is 2.70. The van der Waals surface area contributed by atoms with E-state index < -0.39 is 0 Å². The van der Waals surface area contributed by atoms with Crippen molar-refractivity contribution in [2.45, 2.75) is 12.3 Å². The zero-order chi connectivity index (χ0) is 23.1. The Labute approximate surface area is 197 Å². The Morgan fingerprint density at radius 2 is 1.70 bits per heavy atom. The van der Waals surface area contributed by atoms with Crippen LogP contribution in [0.5, 0.6) is 11.5 Å². The molecule has 0 radical (unpaired) electrons. The Morgan fingerprint density at radius 3 is 2.36 bits per heavy atom. The fourth-order valence-electron chi connectivity index (χ4n) is 4.52. The number of benzene rings is 2. The van der Waals surface area contributed by atoms with Crippen LogP contribution in [-0.2, 0) is 4.79 Å². The van der Waals surface area contributed by atoms with Crippen LogP contribution in [0.3, 0.4) is 0 Å². The highest BCUT2D eigenvalue weighted by molar-refractivity contribution is 6.30. The number of anilines is 2. The Hall–Kier alpha value is -3.26. The fraction of sp³-hybridized carbons (Fsp3) is 0.375. The van der Waals surface area contributed by atoms with E-state index >= 15 is 0 Å². The van der Waals surface area contributed by atoms with Gasteiger partial charge in [0.2, 0.25) is 11.9 Å². The molecule has 1 amide bonds. The van der Waals surface area contributed by atoms with Crippen molar-refractivity contribution < 1.29 is 14.3 Å². The molecule has 1 saturated heterocycles. The zero-order valence-electron chi connectivity index (χ0n) is 18.6. The molecule has 0 unspecified atom stereocenters. The minimum atomic E-state index is 0.0627. The molecule has 2 fully saturated rings. The van der Waals surface area contributed by atoms with Gasteiger partial charge in [-0.05, 0) is 36.1 Å². The smallest absolute Gasteiger partial charge is 0.228 e. The third-order valence-electron chi connectivity index (χ3n) is 6.50. The molecule has 0 bridgehead atoms. The lowest BCUT2D eigenvalue weighted by Crippen LogP contribution is -2.49. The van der Waals surface area contributed by atoms with Gasteiger partial charge in [-0.25, -0.2) is 4.98 Å². The molecule has 1 aliphatic carbocycles. The largest absolute Gasteiger partial charge is 0.493 e. The number of fused-ring (bicyclic) bond motifs is 1. The quantitative estimate of drug-likeness (QED) is 0.615. The molecule has 2 atom stereocenters. The van der Waals surface area contributed by atoms with Gasteiger partial charge in [0.05, 0.1) is 19.7 Å². The Morgan fingerprint density at radius 1 is 1.03 bits per heavy atom. The number of ether oxygens (including phenoxy) is 2.